The van der Waals surface area contributed by atoms with Gasteiger partial charge in [0.1, 0.15) is 0 Å². The molecule has 2 heterocycles. The highest BCUT2D eigenvalue weighted by Gasteiger charge is 2.34. The molecule has 2 aliphatic heterocycles. The van der Waals surface area contributed by atoms with E-state index in [1.54, 1.807) is 0 Å². The number of hydrogen-bond donors (Lipinski definition) is 0. The van der Waals surface area contributed by atoms with Crippen molar-refractivity contribution in [3.63, 3.8) is 0 Å². The maximum absolute atomic E-state index is 12.4. The Morgan fingerprint density at radius 2 is 2.09 bits per heavy atom. The van der Waals surface area contributed by atoms with Crippen LogP contribution < -0.4 is 0 Å². The van der Waals surface area contributed by atoms with E-state index in [4.69, 9.17) is 4.84 Å². The van der Waals surface area contributed by atoms with Crippen molar-refractivity contribution in [3.05, 3.63) is 35.9 Å². The summed E-state index contributed by atoms with van der Waals surface area (Å²) in [6.45, 7) is 2.49. The number of nitrogens with zero attached hydrogens (tertiary/aromatic N) is 2. The largest absolute Gasteiger partial charge is 0.342 e. The number of amides is 2. The van der Waals surface area contributed by atoms with Gasteiger partial charge in [-0.3, -0.25) is 14.4 Å². The Morgan fingerprint density at radius 3 is 2.82 bits per heavy atom. The van der Waals surface area contributed by atoms with Gasteiger partial charge in [0.15, 0.2) is 0 Å². The van der Waals surface area contributed by atoms with Crippen molar-refractivity contribution in [1.82, 2.24) is 9.96 Å². The van der Waals surface area contributed by atoms with Crippen molar-refractivity contribution in [1.29, 1.82) is 0 Å². The summed E-state index contributed by atoms with van der Waals surface area (Å²) in [7, 11) is 0. The van der Waals surface area contributed by atoms with Gasteiger partial charge in [-0.05, 0) is 24.8 Å². The molecule has 1 aromatic rings. The first-order valence-electron chi connectivity index (χ1n) is 8.00. The Labute approximate surface area is 130 Å². The topological polar surface area (TPSA) is 49.9 Å². The summed E-state index contributed by atoms with van der Waals surface area (Å²) in [6, 6.07) is 10.1. The fourth-order valence-electron chi connectivity index (χ4n) is 3.07. The molecule has 0 unspecified atom stereocenters. The van der Waals surface area contributed by atoms with Crippen LogP contribution in [0.25, 0.3) is 0 Å². The number of carbonyl (C=O) groups is 2. The van der Waals surface area contributed by atoms with E-state index in [-0.39, 0.29) is 17.7 Å². The van der Waals surface area contributed by atoms with Crippen molar-refractivity contribution in [2.24, 2.45) is 5.92 Å². The van der Waals surface area contributed by atoms with Crippen LogP contribution in [0.2, 0.25) is 0 Å². The third-order valence-electron chi connectivity index (χ3n) is 4.36. The fourth-order valence-corrected chi connectivity index (χ4v) is 3.07. The van der Waals surface area contributed by atoms with E-state index in [2.05, 4.69) is 12.1 Å². The van der Waals surface area contributed by atoms with Crippen LogP contribution in [0.4, 0.5) is 0 Å². The third-order valence-corrected chi connectivity index (χ3v) is 4.36. The van der Waals surface area contributed by atoms with Gasteiger partial charge in [0.05, 0.1) is 19.1 Å². The van der Waals surface area contributed by atoms with Gasteiger partial charge in [-0.15, -0.1) is 0 Å². The molecule has 1 aromatic carbocycles. The average Bonchev–Trinajstić information content (AvgIpc) is 3.09. The van der Waals surface area contributed by atoms with Crippen molar-refractivity contribution in [2.75, 3.05) is 26.2 Å². The minimum absolute atomic E-state index is 0.0368. The number of carbonyl (C=O) groups excluding carboxylic acids is 2. The number of hydroxylamine groups is 2. The summed E-state index contributed by atoms with van der Waals surface area (Å²) in [5.74, 6) is 0.0728. The number of rotatable bonds is 4. The molecule has 0 N–H and O–H groups in total. The van der Waals surface area contributed by atoms with Gasteiger partial charge in [-0.25, -0.2) is 5.06 Å². The number of likely N-dealkylation sites (tertiary alicyclic amines) is 1. The summed E-state index contributed by atoms with van der Waals surface area (Å²) in [5.41, 5.74) is 1.21. The average molecular weight is 302 g/mol. The highest BCUT2D eigenvalue weighted by Crippen LogP contribution is 2.22. The van der Waals surface area contributed by atoms with Gasteiger partial charge in [-0.2, -0.15) is 0 Å². The van der Waals surface area contributed by atoms with Gasteiger partial charge in [0.25, 0.3) is 5.91 Å². The Hall–Kier alpha value is -1.88. The lowest BCUT2D eigenvalue weighted by molar-refractivity contribution is -0.175. The molecule has 2 amide bonds. The quantitative estimate of drug-likeness (QED) is 0.849. The van der Waals surface area contributed by atoms with E-state index in [0.717, 1.165) is 12.8 Å². The normalized spacial score (nSPS) is 22.2. The summed E-state index contributed by atoms with van der Waals surface area (Å²) < 4.78 is 0. The van der Waals surface area contributed by atoms with E-state index in [0.29, 0.717) is 39.1 Å². The lowest BCUT2D eigenvalue weighted by atomic mass is 9.96. The van der Waals surface area contributed by atoms with Gasteiger partial charge >= 0.3 is 0 Å². The van der Waals surface area contributed by atoms with E-state index in [1.165, 1.54) is 10.6 Å². The first-order chi connectivity index (χ1) is 10.7. The van der Waals surface area contributed by atoms with Crippen molar-refractivity contribution < 1.29 is 14.4 Å². The first-order valence-corrected chi connectivity index (χ1v) is 8.00. The highest BCUT2D eigenvalue weighted by atomic mass is 16.7. The summed E-state index contributed by atoms with van der Waals surface area (Å²) in [5, 5.41) is 1.48. The molecule has 1 atom stereocenters. The van der Waals surface area contributed by atoms with Gasteiger partial charge in [0.2, 0.25) is 5.91 Å². The summed E-state index contributed by atoms with van der Waals surface area (Å²) >= 11 is 0. The zero-order valence-electron chi connectivity index (χ0n) is 12.7. The first kappa shape index (κ1) is 15.0. The van der Waals surface area contributed by atoms with Crippen LogP contribution >= 0.6 is 0 Å². The molecule has 0 saturated carbocycles. The predicted octanol–water partition coefficient (Wildman–Crippen LogP) is 1.63. The standard InChI is InChI=1S/C17H22N2O3/c20-16-8-7-15(17(21)19-10-4-12-22-19)13-18(16)11-9-14-5-2-1-3-6-14/h1-3,5-6,15H,4,7-13H2/t15-/m0/s1. The molecule has 5 nitrogen and oxygen atoms in total. The van der Waals surface area contributed by atoms with Crippen LogP contribution in [-0.4, -0.2) is 48.0 Å². The van der Waals surface area contributed by atoms with E-state index in [1.807, 2.05) is 23.1 Å². The van der Waals surface area contributed by atoms with Crippen molar-refractivity contribution in [3.8, 4) is 0 Å². The predicted molar refractivity (Wildman–Crippen MR) is 81.7 cm³/mol. The second kappa shape index (κ2) is 6.92. The second-order valence-electron chi connectivity index (χ2n) is 5.94. The molecule has 22 heavy (non-hydrogen) atoms. The number of piperidine rings is 1. The van der Waals surface area contributed by atoms with Crippen LogP contribution in [0, 0.1) is 5.92 Å². The van der Waals surface area contributed by atoms with Crippen LogP contribution in [0.5, 0.6) is 0 Å². The monoisotopic (exact) mass is 302 g/mol. The van der Waals surface area contributed by atoms with Crippen LogP contribution in [0.1, 0.15) is 24.8 Å². The molecule has 2 fully saturated rings. The zero-order valence-corrected chi connectivity index (χ0v) is 12.7. The van der Waals surface area contributed by atoms with Gasteiger partial charge in [-0.1, -0.05) is 30.3 Å². The molecule has 2 aliphatic rings. The Morgan fingerprint density at radius 1 is 1.27 bits per heavy atom. The molecular weight excluding hydrogens is 280 g/mol. The highest BCUT2D eigenvalue weighted by molar-refractivity contribution is 5.83. The van der Waals surface area contributed by atoms with Crippen LogP contribution in [-0.2, 0) is 20.8 Å². The molecule has 118 valence electrons. The summed E-state index contributed by atoms with van der Waals surface area (Å²) in [6.07, 6.45) is 2.82. The van der Waals surface area contributed by atoms with Crippen molar-refractivity contribution in [2.45, 2.75) is 25.7 Å². The molecule has 5 heteroatoms. The molecular formula is C17H22N2O3. The van der Waals surface area contributed by atoms with E-state index in [9.17, 15) is 9.59 Å². The Kier molecular flexibility index (Phi) is 4.73. The molecule has 0 spiro atoms. The van der Waals surface area contributed by atoms with Crippen LogP contribution in [0.15, 0.2) is 30.3 Å². The zero-order chi connectivity index (χ0) is 15.4. The Bertz CT molecular complexity index is 526. The minimum atomic E-state index is -0.119. The molecule has 3 rings (SSSR count). The fraction of sp³-hybridized carbons (Fsp3) is 0.529. The SMILES string of the molecule is O=C1CC[C@H](C(=O)N2CCCO2)CN1CCc1ccccc1. The van der Waals surface area contributed by atoms with Crippen molar-refractivity contribution >= 4 is 11.8 Å². The maximum atomic E-state index is 12.4. The lowest BCUT2D eigenvalue weighted by Gasteiger charge is -2.33. The lowest BCUT2D eigenvalue weighted by Crippen LogP contribution is -2.46. The molecule has 0 radical (unpaired) electrons. The molecule has 0 aromatic heterocycles. The summed E-state index contributed by atoms with van der Waals surface area (Å²) in [4.78, 5) is 31.6. The van der Waals surface area contributed by atoms with Gasteiger partial charge in [0, 0.05) is 19.5 Å². The number of benzene rings is 1. The molecule has 0 aliphatic carbocycles. The molecule has 2 saturated heterocycles. The third kappa shape index (κ3) is 3.47. The molecule has 0 bridgehead atoms. The number of hydrogen-bond acceptors (Lipinski definition) is 3. The maximum Gasteiger partial charge on any atom is 0.251 e. The van der Waals surface area contributed by atoms with Gasteiger partial charge < -0.3 is 4.90 Å². The second-order valence-corrected chi connectivity index (χ2v) is 5.94. The van der Waals surface area contributed by atoms with Crippen LogP contribution in [0.3, 0.4) is 0 Å². The van der Waals surface area contributed by atoms with E-state index < -0.39 is 0 Å². The smallest absolute Gasteiger partial charge is 0.251 e. The Balaban J connectivity index is 1.56. The van der Waals surface area contributed by atoms with E-state index >= 15 is 0 Å². The minimum Gasteiger partial charge on any atom is -0.342 e.